The molecule has 0 saturated carbocycles. The molecule has 0 bridgehead atoms. The molecule has 0 radical (unpaired) electrons. The van der Waals surface area contributed by atoms with Crippen LogP contribution >= 0.6 is 12.4 Å². The topological polar surface area (TPSA) is 93.5 Å². The van der Waals surface area contributed by atoms with Crippen molar-refractivity contribution in [1.82, 2.24) is 0 Å². The standard InChI is InChI=1S/C14H13NO4.ClH/c1-8-5-11(16)13(14(18)19-8)12(17)7-9-3-2-4-10(15)6-9;/h2-6,16H,7,15H2,1H3;1H. The fourth-order valence-electron chi connectivity index (χ4n) is 1.83. The molecule has 0 aliphatic rings. The van der Waals surface area contributed by atoms with E-state index in [1.165, 1.54) is 13.0 Å². The summed E-state index contributed by atoms with van der Waals surface area (Å²) in [5, 5.41) is 9.67. The molecule has 0 saturated heterocycles. The Morgan fingerprint density at radius 1 is 1.35 bits per heavy atom. The number of aromatic hydroxyl groups is 1. The van der Waals surface area contributed by atoms with Crippen LogP contribution in [-0.2, 0) is 6.42 Å². The predicted molar refractivity (Wildman–Crippen MR) is 77.5 cm³/mol. The van der Waals surface area contributed by atoms with Gasteiger partial charge in [-0.2, -0.15) is 0 Å². The van der Waals surface area contributed by atoms with Crippen molar-refractivity contribution in [2.75, 3.05) is 5.73 Å². The normalized spacial score (nSPS) is 9.85. The third-order valence-corrected chi connectivity index (χ3v) is 2.65. The lowest BCUT2D eigenvalue weighted by atomic mass is 10.0. The summed E-state index contributed by atoms with van der Waals surface area (Å²) in [5.74, 6) is -0.609. The van der Waals surface area contributed by atoms with Gasteiger partial charge in [0.05, 0.1) is 0 Å². The van der Waals surface area contributed by atoms with E-state index in [-0.39, 0.29) is 35.9 Å². The van der Waals surface area contributed by atoms with E-state index in [1.807, 2.05) is 0 Å². The maximum Gasteiger partial charge on any atom is 0.350 e. The molecule has 0 aliphatic heterocycles. The molecule has 0 amide bonds. The number of benzene rings is 1. The van der Waals surface area contributed by atoms with E-state index in [1.54, 1.807) is 24.3 Å². The van der Waals surface area contributed by atoms with Crippen LogP contribution in [0.4, 0.5) is 5.69 Å². The van der Waals surface area contributed by atoms with Gasteiger partial charge in [0.15, 0.2) is 5.78 Å². The first-order valence-corrected chi connectivity index (χ1v) is 5.68. The molecule has 0 fully saturated rings. The molecule has 1 heterocycles. The minimum Gasteiger partial charge on any atom is -0.507 e. The Bertz CT molecular complexity index is 694. The molecule has 1 aromatic carbocycles. The quantitative estimate of drug-likeness (QED) is 0.668. The number of hydrogen-bond donors (Lipinski definition) is 2. The average molecular weight is 296 g/mol. The molecule has 6 heteroatoms. The molecular weight excluding hydrogens is 282 g/mol. The van der Waals surface area contributed by atoms with E-state index in [9.17, 15) is 14.7 Å². The summed E-state index contributed by atoms with van der Waals surface area (Å²) in [6.07, 6.45) is -0.0214. The van der Waals surface area contributed by atoms with Crippen LogP contribution in [0.2, 0.25) is 0 Å². The molecule has 20 heavy (non-hydrogen) atoms. The van der Waals surface area contributed by atoms with Crippen LogP contribution in [0.3, 0.4) is 0 Å². The minimum absolute atomic E-state index is 0. The molecule has 3 N–H and O–H groups in total. The maximum atomic E-state index is 12.0. The highest BCUT2D eigenvalue weighted by Gasteiger charge is 2.18. The number of carbonyl (C=O) groups is 1. The second-order valence-corrected chi connectivity index (χ2v) is 4.25. The number of halogens is 1. The number of anilines is 1. The third kappa shape index (κ3) is 3.39. The Morgan fingerprint density at radius 3 is 2.65 bits per heavy atom. The van der Waals surface area contributed by atoms with Gasteiger partial charge in [-0.15, -0.1) is 12.4 Å². The van der Waals surface area contributed by atoms with Gasteiger partial charge in [-0.25, -0.2) is 4.79 Å². The van der Waals surface area contributed by atoms with E-state index >= 15 is 0 Å². The number of Topliss-reactive ketones (excluding diaryl/α,β-unsaturated/α-hetero) is 1. The number of rotatable bonds is 3. The van der Waals surface area contributed by atoms with Crippen LogP contribution in [0.15, 0.2) is 39.5 Å². The van der Waals surface area contributed by atoms with Crippen molar-refractivity contribution < 1.29 is 14.3 Å². The summed E-state index contributed by atoms with van der Waals surface area (Å²) in [4.78, 5) is 23.6. The van der Waals surface area contributed by atoms with Crippen LogP contribution in [0.5, 0.6) is 5.75 Å². The second kappa shape index (κ2) is 6.25. The second-order valence-electron chi connectivity index (χ2n) is 4.25. The molecule has 0 aliphatic carbocycles. The summed E-state index contributed by atoms with van der Waals surface area (Å²) in [5.41, 5.74) is 5.66. The van der Waals surface area contributed by atoms with Gasteiger partial charge < -0.3 is 15.3 Å². The van der Waals surface area contributed by atoms with Gasteiger partial charge in [0.2, 0.25) is 0 Å². The Kier molecular flexibility index (Phi) is 4.94. The van der Waals surface area contributed by atoms with Gasteiger partial charge in [0, 0.05) is 18.2 Å². The Balaban J connectivity index is 0.00000200. The Hall–Kier alpha value is -2.27. The van der Waals surface area contributed by atoms with E-state index in [0.717, 1.165) is 0 Å². The van der Waals surface area contributed by atoms with Crippen molar-refractivity contribution in [3.8, 4) is 5.75 Å². The van der Waals surface area contributed by atoms with Crippen molar-refractivity contribution in [3.05, 3.63) is 57.6 Å². The fraction of sp³-hybridized carbons (Fsp3) is 0.143. The maximum absolute atomic E-state index is 12.0. The smallest absolute Gasteiger partial charge is 0.350 e. The molecule has 5 nitrogen and oxygen atoms in total. The van der Waals surface area contributed by atoms with E-state index in [4.69, 9.17) is 10.2 Å². The largest absolute Gasteiger partial charge is 0.507 e. The highest BCUT2D eigenvalue weighted by atomic mass is 35.5. The summed E-state index contributed by atoms with van der Waals surface area (Å²) in [7, 11) is 0. The van der Waals surface area contributed by atoms with Crippen molar-refractivity contribution in [1.29, 1.82) is 0 Å². The molecule has 0 spiro atoms. The first-order valence-electron chi connectivity index (χ1n) is 5.68. The SMILES string of the molecule is Cc1cc(O)c(C(=O)Cc2cccc(N)c2)c(=O)o1.Cl. The van der Waals surface area contributed by atoms with Gasteiger partial charge >= 0.3 is 5.63 Å². The molecule has 2 rings (SSSR count). The summed E-state index contributed by atoms with van der Waals surface area (Å²) in [6.45, 7) is 1.52. The van der Waals surface area contributed by atoms with Gasteiger partial charge in [-0.1, -0.05) is 12.1 Å². The highest BCUT2D eigenvalue weighted by Crippen LogP contribution is 2.17. The Labute approximate surface area is 121 Å². The Morgan fingerprint density at radius 2 is 2.05 bits per heavy atom. The lowest BCUT2D eigenvalue weighted by molar-refractivity contribution is 0.0986. The number of ketones is 1. The van der Waals surface area contributed by atoms with Gasteiger partial charge in [-0.3, -0.25) is 4.79 Å². The fourth-order valence-corrected chi connectivity index (χ4v) is 1.83. The van der Waals surface area contributed by atoms with Crippen LogP contribution in [0, 0.1) is 6.92 Å². The van der Waals surface area contributed by atoms with Crippen LogP contribution < -0.4 is 11.4 Å². The molecule has 106 valence electrons. The number of carbonyl (C=O) groups excluding carboxylic acids is 1. The monoisotopic (exact) mass is 295 g/mol. The summed E-state index contributed by atoms with van der Waals surface area (Å²) < 4.78 is 4.81. The zero-order valence-corrected chi connectivity index (χ0v) is 11.6. The minimum atomic E-state index is -0.827. The molecule has 0 unspecified atom stereocenters. The predicted octanol–water partition coefficient (Wildman–Crippen LogP) is 2.08. The molecule has 1 aromatic heterocycles. The van der Waals surface area contributed by atoms with Crippen molar-refractivity contribution in [3.63, 3.8) is 0 Å². The van der Waals surface area contributed by atoms with E-state index in [2.05, 4.69) is 0 Å². The van der Waals surface area contributed by atoms with Gasteiger partial charge in [0.1, 0.15) is 17.1 Å². The van der Waals surface area contributed by atoms with Crippen molar-refractivity contribution in [2.24, 2.45) is 0 Å². The molecule has 0 atom stereocenters. The lowest BCUT2D eigenvalue weighted by Gasteiger charge is -2.04. The van der Waals surface area contributed by atoms with Crippen LogP contribution in [0.25, 0.3) is 0 Å². The molecular formula is C14H14ClNO4. The first kappa shape index (κ1) is 15.8. The summed E-state index contributed by atoms with van der Waals surface area (Å²) in [6, 6.07) is 8.03. The first-order chi connectivity index (χ1) is 8.97. The molecule has 2 aromatic rings. The van der Waals surface area contributed by atoms with E-state index in [0.29, 0.717) is 11.3 Å². The number of aryl methyl sites for hydroxylation is 1. The van der Waals surface area contributed by atoms with Crippen LogP contribution in [-0.4, -0.2) is 10.9 Å². The van der Waals surface area contributed by atoms with Crippen molar-refractivity contribution in [2.45, 2.75) is 13.3 Å². The zero-order valence-electron chi connectivity index (χ0n) is 10.8. The highest BCUT2D eigenvalue weighted by molar-refractivity contribution is 5.99. The van der Waals surface area contributed by atoms with Gasteiger partial charge in [0.25, 0.3) is 0 Å². The zero-order chi connectivity index (χ0) is 14.0. The number of hydrogen-bond acceptors (Lipinski definition) is 5. The number of nitrogen functional groups attached to an aromatic ring is 1. The van der Waals surface area contributed by atoms with Gasteiger partial charge in [-0.05, 0) is 24.6 Å². The lowest BCUT2D eigenvalue weighted by Crippen LogP contribution is -2.16. The average Bonchev–Trinajstić information content (AvgIpc) is 2.27. The van der Waals surface area contributed by atoms with Crippen LogP contribution in [0.1, 0.15) is 21.7 Å². The van der Waals surface area contributed by atoms with Crippen molar-refractivity contribution >= 4 is 23.9 Å². The summed E-state index contributed by atoms with van der Waals surface area (Å²) >= 11 is 0. The number of nitrogens with two attached hydrogens (primary N) is 1. The third-order valence-electron chi connectivity index (χ3n) is 2.65. The van der Waals surface area contributed by atoms with E-state index < -0.39 is 11.4 Å².